The summed E-state index contributed by atoms with van der Waals surface area (Å²) in [7, 11) is 0. The zero-order valence-electron chi connectivity index (χ0n) is 38.7. The number of hydrogen-bond acceptors (Lipinski definition) is 13. The standard InChI is InChI=1S/C42H85N13O3S6/c1-2-19-53(22-16-50-40(44)45)37(56)12-34-62-29-7-4-26-60-32-10-21-55(24-18-52-42(48)49)39(58)14-36-64-30-8-5-27-61-33-11-20-54(23-17-51-41(46)47)38(57)13-35-63-28-6-3-25-59-31-9-15-43/h2H,1,3-36,43H2,(H4,44,45,50)(H4,46,47,51)(H4,48,49,52). The van der Waals surface area contributed by atoms with Crippen molar-refractivity contribution in [3.63, 3.8) is 0 Å². The molecule has 0 aromatic heterocycles. The van der Waals surface area contributed by atoms with E-state index in [1.807, 2.05) is 68.6 Å². The molecule has 0 aromatic carbocycles. The first kappa shape index (κ1) is 62.0. The molecule has 0 bridgehead atoms. The SMILES string of the molecule is C=CCN(CCNC(=N)N)C(=O)CCSCCCCSCCCN(CCNC(=N)N)C(=O)CCSCCCCSCCCN(CCNC(=N)N)C(=O)CCSCCCCSCCCN. The van der Waals surface area contributed by atoms with Crippen LogP contribution in [0.1, 0.15) is 77.0 Å². The Morgan fingerprint density at radius 1 is 0.438 bits per heavy atom. The molecule has 0 saturated carbocycles. The van der Waals surface area contributed by atoms with E-state index in [1.165, 1.54) is 18.6 Å². The summed E-state index contributed by atoms with van der Waals surface area (Å²) in [6, 6.07) is 0. The van der Waals surface area contributed by atoms with Crippen molar-refractivity contribution in [2.45, 2.75) is 77.0 Å². The molecule has 0 heterocycles. The third kappa shape index (κ3) is 41.5. The van der Waals surface area contributed by atoms with E-state index in [0.29, 0.717) is 78.2 Å². The van der Waals surface area contributed by atoms with Crippen LogP contribution in [0, 0.1) is 16.2 Å². The molecule has 0 saturated heterocycles. The molecule has 14 N–H and O–H groups in total. The topological polar surface area (TPSA) is 273 Å². The van der Waals surface area contributed by atoms with E-state index in [0.717, 1.165) is 115 Å². The van der Waals surface area contributed by atoms with Gasteiger partial charge in [-0.1, -0.05) is 6.08 Å². The van der Waals surface area contributed by atoms with Crippen molar-refractivity contribution >= 4 is 106 Å². The summed E-state index contributed by atoms with van der Waals surface area (Å²) in [5.41, 5.74) is 21.8. The molecule has 22 heteroatoms. The summed E-state index contributed by atoms with van der Waals surface area (Å²) in [6.45, 7) is 9.36. The second-order valence-corrected chi connectivity index (χ2v) is 22.2. The Labute approximate surface area is 412 Å². The minimum absolute atomic E-state index is 0.0732. The molecule has 0 aliphatic heterocycles. The van der Waals surface area contributed by atoms with Crippen LogP contribution in [0.15, 0.2) is 12.7 Å². The second-order valence-electron chi connectivity index (χ2n) is 14.8. The summed E-state index contributed by atoms with van der Waals surface area (Å²) in [4.78, 5) is 44.3. The highest BCUT2D eigenvalue weighted by Crippen LogP contribution is 2.15. The fraction of sp³-hybridized carbons (Fsp3) is 0.810. The van der Waals surface area contributed by atoms with E-state index in [4.69, 9.17) is 39.2 Å². The molecule has 16 nitrogen and oxygen atoms in total. The first-order valence-electron chi connectivity index (χ1n) is 22.9. The maximum Gasteiger partial charge on any atom is 0.223 e. The van der Waals surface area contributed by atoms with Gasteiger partial charge in [-0.15, -0.1) is 6.58 Å². The molecule has 64 heavy (non-hydrogen) atoms. The number of guanidine groups is 3. The highest BCUT2D eigenvalue weighted by Gasteiger charge is 2.15. The third-order valence-electron chi connectivity index (χ3n) is 9.29. The molecular weight excluding hydrogens is 927 g/mol. The minimum atomic E-state index is -0.0989. The maximum atomic E-state index is 13.1. The van der Waals surface area contributed by atoms with Gasteiger partial charge in [-0.2, -0.15) is 70.6 Å². The lowest BCUT2D eigenvalue weighted by Crippen LogP contribution is -2.41. The van der Waals surface area contributed by atoms with Crippen LogP contribution >= 0.6 is 70.6 Å². The Morgan fingerprint density at radius 2 is 0.719 bits per heavy atom. The molecule has 372 valence electrons. The Balaban J connectivity index is 4.21. The number of carbonyl (C=O) groups is 3. The van der Waals surface area contributed by atoms with Gasteiger partial charge >= 0.3 is 0 Å². The lowest BCUT2D eigenvalue weighted by atomic mass is 10.3. The highest BCUT2D eigenvalue weighted by atomic mass is 32.2. The summed E-state index contributed by atoms with van der Waals surface area (Å²) >= 11 is 11.3. The lowest BCUT2D eigenvalue weighted by molar-refractivity contribution is -0.131. The van der Waals surface area contributed by atoms with Gasteiger partial charge in [-0.25, -0.2) is 0 Å². The average Bonchev–Trinajstić information content (AvgIpc) is 3.25. The summed E-state index contributed by atoms with van der Waals surface area (Å²) < 4.78 is 0. The molecule has 0 aliphatic rings. The zero-order chi connectivity index (χ0) is 47.3. The highest BCUT2D eigenvalue weighted by molar-refractivity contribution is 8.00. The van der Waals surface area contributed by atoms with Gasteiger partial charge in [0, 0.05) is 95.4 Å². The first-order valence-corrected chi connectivity index (χ1v) is 29.8. The van der Waals surface area contributed by atoms with Gasteiger partial charge in [0.2, 0.25) is 17.7 Å². The monoisotopic (exact) mass is 1010 g/mol. The van der Waals surface area contributed by atoms with Crippen LogP contribution in [0.25, 0.3) is 0 Å². The number of hydrogen-bond donors (Lipinski definition) is 10. The number of thioether (sulfide) groups is 6. The Hall–Kier alpha value is -1.98. The fourth-order valence-electron chi connectivity index (χ4n) is 5.86. The van der Waals surface area contributed by atoms with Gasteiger partial charge in [0.15, 0.2) is 17.9 Å². The number of rotatable bonds is 46. The van der Waals surface area contributed by atoms with E-state index in [-0.39, 0.29) is 35.6 Å². The van der Waals surface area contributed by atoms with Gasteiger partial charge in [-0.3, -0.25) is 30.6 Å². The van der Waals surface area contributed by atoms with Crippen molar-refractivity contribution in [2.75, 3.05) is 134 Å². The van der Waals surface area contributed by atoms with E-state index in [1.54, 1.807) is 22.7 Å². The molecule has 0 atom stereocenters. The number of nitrogens with zero attached hydrogens (tertiary/aromatic N) is 3. The molecule has 0 fully saturated rings. The maximum absolute atomic E-state index is 13.1. The van der Waals surface area contributed by atoms with Crippen molar-refractivity contribution in [3.8, 4) is 0 Å². The molecule has 3 amide bonds. The number of nitrogens with one attached hydrogen (secondary N) is 6. The van der Waals surface area contributed by atoms with Crippen LogP contribution in [-0.2, 0) is 14.4 Å². The van der Waals surface area contributed by atoms with Crippen LogP contribution in [0.5, 0.6) is 0 Å². The second kappa shape index (κ2) is 46.1. The van der Waals surface area contributed by atoms with Crippen LogP contribution < -0.4 is 38.9 Å². The average molecular weight is 1010 g/mol. The third-order valence-corrected chi connectivity index (χ3v) is 16.0. The molecule has 0 aromatic rings. The van der Waals surface area contributed by atoms with Crippen molar-refractivity contribution < 1.29 is 14.4 Å². The molecule has 0 radical (unpaired) electrons. The quantitative estimate of drug-likeness (QED) is 0.0178. The zero-order valence-corrected chi connectivity index (χ0v) is 43.6. The van der Waals surface area contributed by atoms with Crippen LogP contribution in [0.4, 0.5) is 0 Å². The van der Waals surface area contributed by atoms with Gasteiger partial charge in [0.25, 0.3) is 0 Å². The van der Waals surface area contributed by atoms with Crippen LogP contribution in [-0.4, -0.2) is 185 Å². The number of amides is 3. The Kier molecular flexibility index (Phi) is 44.7. The van der Waals surface area contributed by atoms with Crippen molar-refractivity contribution in [3.05, 3.63) is 12.7 Å². The van der Waals surface area contributed by atoms with Gasteiger partial charge in [0.1, 0.15) is 0 Å². The number of unbranched alkanes of at least 4 members (excludes halogenated alkanes) is 3. The Morgan fingerprint density at radius 3 is 1.03 bits per heavy atom. The molecule has 0 unspecified atom stereocenters. The molecule has 0 spiro atoms. The van der Waals surface area contributed by atoms with Gasteiger partial charge in [0.05, 0.1) is 0 Å². The normalized spacial score (nSPS) is 10.9. The first-order chi connectivity index (χ1) is 31.0. The van der Waals surface area contributed by atoms with Crippen molar-refractivity contribution in [2.24, 2.45) is 22.9 Å². The van der Waals surface area contributed by atoms with Gasteiger partial charge in [-0.05, 0) is 116 Å². The summed E-state index contributed by atoms with van der Waals surface area (Å²) in [5, 5.41) is 30.6. The predicted molar refractivity (Wildman–Crippen MR) is 288 cm³/mol. The van der Waals surface area contributed by atoms with Crippen LogP contribution in [0.3, 0.4) is 0 Å². The minimum Gasteiger partial charge on any atom is -0.370 e. The van der Waals surface area contributed by atoms with E-state index < -0.39 is 0 Å². The van der Waals surface area contributed by atoms with E-state index in [9.17, 15) is 14.4 Å². The lowest BCUT2D eigenvalue weighted by Gasteiger charge is -2.23. The van der Waals surface area contributed by atoms with Crippen molar-refractivity contribution in [1.82, 2.24) is 30.7 Å². The van der Waals surface area contributed by atoms with E-state index >= 15 is 0 Å². The number of nitrogens with two attached hydrogens (primary N) is 4. The van der Waals surface area contributed by atoms with E-state index in [2.05, 4.69) is 22.5 Å². The van der Waals surface area contributed by atoms with Crippen molar-refractivity contribution in [1.29, 1.82) is 16.2 Å². The van der Waals surface area contributed by atoms with Gasteiger partial charge < -0.3 is 53.6 Å². The molecule has 0 aliphatic carbocycles. The fourth-order valence-corrected chi connectivity index (χ4v) is 11.5. The smallest absolute Gasteiger partial charge is 0.223 e. The Bertz CT molecular complexity index is 1250. The molecule has 0 rings (SSSR count). The predicted octanol–water partition coefficient (Wildman–Crippen LogP) is 4.15. The summed E-state index contributed by atoms with van der Waals surface area (Å²) in [5.74, 6) is 12.2. The van der Waals surface area contributed by atoms with Crippen LogP contribution in [0.2, 0.25) is 0 Å². The largest absolute Gasteiger partial charge is 0.370 e. The number of carbonyl (C=O) groups excluding carboxylic acids is 3. The summed E-state index contributed by atoms with van der Waals surface area (Å²) in [6.07, 6.45) is 13.0. The molecular formula is C42H85N13O3S6.